The molecule has 1 aromatic heterocycles. The van der Waals surface area contributed by atoms with Crippen LogP contribution in [0.1, 0.15) is 33.5 Å². The van der Waals surface area contributed by atoms with Gasteiger partial charge in [0.05, 0.1) is 12.1 Å². The number of nitriles is 1. The van der Waals surface area contributed by atoms with E-state index in [-0.39, 0.29) is 17.3 Å². The van der Waals surface area contributed by atoms with Crippen molar-refractivity contribution < 1.29 is 13.2 Å². The van der Waals surface area contributed by atoms with E-state index in [4.69, 9.17) is 0 Å². The third-order valence-electron chi connectivity index (χ3n) is 6.12. The van der Waals surface area contributed by atoms with Crippen LogP contribution in [0.3, 0.4) is 0 Å². The Morgan fingerprint density at radius 2 is 1.75 bits per heavy atom. The number of carbonyl (C=O) groups is 1. The van der Waals surface area contributed by atoms with Crippen LogP contribution in [0.25, 0.3) is 17.0 Å². The zero-order valence-corrected chi connectivity index (χ0v) is 20.1. The molecular formula is C28H22N4O3S. The first-order valence-electron chi connectivity index (χ1n) is 11.4. The van der Waals surface area contributed by atoms with Crippen LogP contribution < -0.4 is 4.72 Å². The van der Waals surface area contributed by atoms with Crippen molar-refractivity contribution in [3.8, 4) is 6.19 Å². The summed E-state index contributed by atoms with van der Waals surface area (Å²) >= 11 is 0. The number of para-hydroxylation sites is 1. The van der Waals surface area contributed by atoms with Gasteiger partial charge in [0, 0.05) is 22.8 Å². The Balaban J connectivity index is 1.42. The number of allylic oxidation sites excluding steroid dienone is 1. The molecule has 0 saturated heterocycles. The number of rotatable bonds is 6. The van der Waals surface area contributed by atoms with E-state index in [9.17, 15) is 18.5 Å². The lowest BCUT2D eigenvalue weighted by molar-refractivity contribution is 0.0823. The van der Waals surface area contributed by atoms with Crippen molar-refractivity contribution in [2.75, 3.05) is 0 Å². The summed E-state index contributed by atoms with van der Waals surface area (Å²) in [6.45, 7) is 0.180. The fourth-order valence-electron chi connectivity index (χ4n) is 4.40. The van der Waals surface area contributed by atoms with Crippen LogP contribution in [-0.4, -0.2) is 24.2 Å². The predicted octanol–water partition coefficient (Wildman–Crippen LogP) is 4.62. The van der Waals surface area contributed by atoms with Gasteiger partial charge >= 0.3 is 0 Å². The highest BCUT2D eigenvalue weighted by atomic mass is 32.2. The van der Waals surface area contributed by atoms with Gasteiger partial charge in [0.2, 0.25) is 0 Å². The number of hydrogen-bond donors (Lipinski definition) is 1. The maximum Gasteiger partial charge on any atom is 0.267 e. The van der Waals surface area contributed by atoms with Gasteiger partial charge < -0.3 is 0 Å². The molecule has 1 heterocycles. The van der Waals surface area contributed by atoms with Gasteiger partial charge in [0.1, 0.15) is 4.90 Å². The zero-order valence-electron chi connectivity index (χ0n) is 19.3. The van der Waals surface area contributed by atoms with Gasteiger partial charge in [-0.2, -0.15) is 5.26 Å². The molecular weight excluding hydrogens is 472 g/mol. The molecule has 0 saturated carbocycles. The van der Waals surface area contributed by atoms with E-state index in [1.54, 1.807) is 36.5 Å². The number of pyridine rings is 1. The van der Waals surface area contributed by atoms with Crippen molar-refractivity contribution in [2.45, 2.75) is 24.3 Å². The fraction of sp³-hybridized carbons (Fsp3) is 0.107. The summed E-state index contributed by atoms with van der Waals surface area (Å²) in [6.07, 6.45) is 6.18. The maximum atomic E-state index is 13.2. The van der Waals surface area contributed by atoms with Crippen LogP contribution in [0, 0.1) is 11.5 Å². The number of aromatic nitrogens is 1. The van der Waals surface area contributed by atoms with E-state index in [0.29, 0.717) is 29.6 Å². The molecule has 3 aromatic carbocycles. The summed E-state index contributed by atoms with van der Waals surface area (Å²) in [4.78, 5) is 18.7. The van der Waals surface area contributed by atoms with E-state index >= 15 is 0 Å². The summed E-state index contributed by atoms with van der Waals surface area (Å²) < 4.78 is 29.1. The maximum absolute atomic E-state index is 13.2. The minimum absolute atomic E-state index is 0.113. The first-order chi connectivity index (χ1) is 17.5. The average Bonchev–Trinajstić information content (AvgIpc) is 2.91. The number of hydrogen-bond acceptors (Lipinski definition) is 5. The topological polar surface area (TPSA) is 103 Å². The molecule has 0 fully saturated rings. The van der Waals surface area contributed by atoms with E-state index < -0.39 is 10.0 Å². The predicted molar refractivity (Wildman–Crippen MR) is 137 cm³/mol. The minimum atomic E-state index is -3.87. The highest BCUT2D eigenvalue weighted by Crippen LogP contribution is 2.29. The van der Waals surface area contributed by atoms with Crippen molar-refractivity contribution >= 4 is 32.9 Å². The van der Waals surface area contributed by atoms with Crippen molar-refractivity contribution in [1.29, 1.82) is 5.26 Å². The number of benzene rings is 3. The van der Waals surface area contributed by atoms with Crippen molar-refractivity contribution in [1.82, 2.24) is 14.6 Å². The van der Waals surface area contributed by atoms with E-state index in [0.717, 1.165) is 27.0 Å². The van der Waals surface area contributed by atoms with Gasteiger partial charge in [-0.1, -0.05) is 60.7 Å². The summed E-state index contributed by atoms with van der Waals surface area (Å²) in [7, 11) is -3.87. The first kappa shape index (κ1) is 23.3. The summed E-state index contributed by atoms with van der Waals surface area (Å²) in [6, 6.07) is 23.3. The third kappa shape index (κ3) is 4.57. The van der Waals surface area contributed by atoms with Crippen molar-refractivity contribution in [2.24, 2.45) is 0 Å². The Bertz CT molecular complexity index is 1640. The summed E-state index contributed by atoms with van der Waals surface area (Å²) in [5.41, 5.74) is 3.79. The van der Waals surface area contributed by atoms with Gasteiger partial charge in [0.25, 0.3) is 15.9 Å². The van der Waals surface area contributed by atoms with E-state index in [1.165, 1.54) is 6.07 Å². The second-order valence-electron chi connectivity index (χ2n) is 8.46. The monoisotopic (exact) mass is 494 g/mol. The lowest BCUT2D eigenvalue weighted by atomic mass is 9.91. The van der Waals surface area contributed by atoms with Crippen LogP contribution in [-0.2, 0) is 23.0 Å². The smallest absolute Gasteiger partial charge is 0.267 e. The van der Waals surface area contributed by atoms with Crippen LogP contribution in [0.2, 0.25) is 0 Å². The molecule has 1 aliphatic carbocycles. The molecule has 36 heavy (non-hydrogen) atoms. The van der Waals surface area contributed by atoms with Crippen LogP contribution in [0.4, 0.5) is 0 Å². The second-order valence-corrected chi connectivity index (χ2v) is 10.1. The molecule has 4 aromatic rings. The van der Waals surface area contributed by atoms with Crippen LogP contribution >= 0.6 is 0 Å². The highest BCUT2D eigenvalue weighted by Gasteiger charge is 2.25. The Kier molecular flexibility index (Phi) is 6.23. The molecule has 5 rings (SSSR count). The van der Waals surface area contributed by atoms with Gasteiger partial charge in [-0.3, -0.25) is 14.5 Å². The van der Waals surface area contributed by atoms with Gasteiger partial charge in [-0.25, -0.2) is 13.3 Å². The summed E-state index contributed by atoms with van der Waals surface area (Å²) in [5.74, 6) is -0.377. The number of fused-ring (bicyclic) bond motifs is 2. The standard InChI is InChI=1S/C28H22N4O3S/c29-19-32(18-20-7-2-1-3-8-20)28(33)25-12-4-10-22-17-23(14-15-24(22)25)31-36(34,35)26-13-5-9-21-11-6-16-30-27(21)26/h1-13,16-17,31H,14-15,18H2. The first-order valence-corrected chi connectivity index (χ1v) is 12.9. The molecule has 1 aliphatic rings. The van der Waals surface area contributed by atoms with E-state index in [1.807, 2.05) is 54.7 Å². The van der Waals surface area contributed by atoms with E-state index in [2.05, 4.69) is 9.71 Å². The lowest BCUT2D eigenvalue weighted by Gasteiger charge is -2.22. The Morgan fingerprint density at radius 3 is 2.56 bits per heavy atom. The van der Waals surface area contributed by atoms with Crippen molar-refractivity contribution in [3.63, 3.8) is 0 Å². The molecule has 1 N–H and O–H groups in total. The number of carbonyl (C=O) groups excluding carboxylic acids is 1. The third-order valence-corrected chi connectivity index (χ3v) is 7.56. The zero-order chi connectivity index (χ0) is 25.1. The molecule has 178 valence electrons. The minimum Gasteiger partial charge on any atom is -0.283 e. The Labute approximate surface area is 209 Å². The van der Waals surface area contributed by atoms with Gasteiger partial charge in [-0.15, -0.1) is 0 Å². The quantitative estimate of drug-likeness (QED) is 0.311. The van der Waals surface area contributed by atoms with Crippen LogP contribution in [0.5, 0.6) is 0 Å². The second kappa shape index (κ2) is 9.64. The molecule has 0 spiro atoms. The van der Waals surface area contributed by atoms with Crippen molar-refractivity contribution in [3.05, 3.63) is 113 Å². The number of sulfonamides is 1. The Morgan fingerprint density at radius 1 is 0.972 bits per heavy atom. The van der Waals surface area contributed by atoms with Crippen LogP contribution in [0.15, 0.2) is 95.7 Å². The average molecular weight is 495 g/mol. The molecule has 8 heteroatoms. The molecule has 7 nitrogen and oxygen atoms in total. The molecule has 1 amide bonds. The molecule has 0 unspecified atom stereocenters. The number of nitrogens with one attached hydrogen (secondary N) is 1. The van der Waals surface area contributed by atoms with Gasteiger partial charge in [0.15, 0.2) is 6.19 Å². The Hall–Kier alpha value is -4.48. The fourth-order valence-corrected chi connectivity index (χ4v) is 5.70. The number of amides is 1. The molecule has 0 radical (unpaired) electrons. The largest absolute Gasteiger partial charge is 0.283 e. The molecule has 0 atom stereocenters. The normalized spacial score (nSPS) is 12.8. The molecule has 0 aliphatic heterocycles. The van der Waals surface area contributed by atoms with Gasteiger partial charge in [-0.05, 0) is 53.8 Å². The lowest BCUT2D eigenvalue weighted by Crippen LogP contribution is -2.28. The molecule has 0 bridgehead atoms. The highest BCUT2D eigenvalue weighted by molar-refractivity contribution is 7.89. The number of nitrogens with zero attached hydrogens (tertiary/aromatic N) is 3. The summed E-state index contributed by atoms with van der Waals surface area (Å²) in [5, 5.41) is 10.4. The SMILES string of the molecule is N#CN(Cc1ccccc1)C(=O)c1cccc2c1CCC(NS(=O)(=O)c1cccc3cccnc13)=C2.